The van der Waals surface area contributed by atoms with E-state index in [1.165, 1.54) is 12.8 Å². The molecule has 4 unspecified atom stereocenters. The average molecular weight is 268 g/mol. The van der Waals surface area contributed by atoms with Crippen molar-refractivity contribution in [2.75, 3.05) is 13.1 Å². The van der Waals surface area contributed by atoms with E-state index in [-0.39, 0.29) is 24.4 Å². The first-order valence-corrected chi connectivity index (χ1v) is 7.24. The monoisotopic (exact) mass is 268 g/mol. The Hall–Kier alpha value is -1.10. The predicted octanol–water partition coefficient (Wildman–Crippen LogP) is 0.847. The Balaban J connectivity index is 1.86. The second kappa shape index (κ2) is 5.90. The molecule has 0 aromatic carbocycles. The summed E-state index contributed by atoms with van der Waals surface area (Å²) in [5, 5.41) is 15.2. The standard InChI is InChI=1S/C14H24N2O3/c1-8(2)11(14(18)19)7-16-13(17)12-10-5-3-4-9(10)6-15-12/h8-12,15H,3-7H2,1-2H3,(H,16,17)(H,18,19). The molecule has 0 bridgehead atoms. The summed E-state index contributed by atoms with van der Waals surface area (Å²) in [5.41, 5.74) is 0. The van der Waals surface area contributed by atoms with E-state index in [4.69, 9.17) is 5.11 Å². The number of rotatable bonds is 5. The van der Waals surface area contributed by atoms with Crippen molar-refractivity contribution in [3.63, 3.8) is 0 Å². The molecule has 19 heavy (non-hydrogen) atoms. The largest absolute Gasteiger partial charge is 0.481 e. The number of amides is 1. The van der Waals surface area contributed by atoms with E-state index in [0.717, 1.165) is 13.0 Å². The molecule has 2 fully saturated rings. The third-order valence-electron chi connectivity index (χ3n) is 4.65. The van der Waals surface area contributed by atoms with Crippen LogP contribution in [0.15, 0.2) is 0 Å². The van der Waals surface area contributed by atoms with Gasteiger partial charge in [0.25, 0.3) is 0 Å². The summed E-state index contributed by atoms with van der Waals surface area (Å²) >= 11 is 0. The summed E-state index contributed by atoms with van der Waals surface area (Å²) in [6.07, 6.45) is 3.54. The topological polar surface area (TPSA) is 78.4 Å². The van der Waals surface area contributed by atoms with Crippen molar-refractivity contribution in [2.24, 2.45) is 23.7 Å². The first-order chi connectivity index (χ1) is 9.00. The highest BCUT2D eigenvalue weighted by Crippen LogP contribution is 2.37. The van der Waals surface area contributed by atoms with Crippen LogP contribution in [-0.4, -0.2) is 36.1 Å². The lowest BCUT2D eigenvalue weighted by atomic mass is 9.93. The second-order valence-electron chi connectivity index (χ2n) is 6.17. The number of carboxylic acid groups (broad SMARTS) is 1. The Morgan fingerprint density at radius 2 is 2.11 bits per heavy atom. The normalized spacial score (nSPS) is 31.2. The molecular weight excluding hydrogens is 244 g/mol. The van der Waals surface area contributed by atoms with E-state index < -0.39 is 11.9 Å². The number of fused-ring (bicyclic) bond motifs is 1. The quantitative estimate of drug-likeness (QED) is 0.690. The fourth-order valence-corrected chi connectivity index (χ4v) is 3.40. The van der Waals surface area contributed by atoms with Crippen LogP contribution in [0.4, 0.5) is 0 Å². The Labute approximate surface area is 114 Å². The van der Waals surface area contributed by atoms with Crippen molar-refractivity contribution in [1.29, 1.82) is 0 Å². The van der Waals surface area contributed by atoms with Crippen molar-refractivity contribution in [1.82, 2.24) is 10.6 Å². The average Bonchev–Trinajstić information content (AvgIpc) is 2.88. The van der Waals surface area contributed by atoms with Crippen LogP contribution in [0.3, 0.4) is 0 Å². The van der Waals surface area contributed by atoms with E-state index in [0.29, 0.717) is 11.8 Å². The van der Waals surface area contributed by atoms with E-state index in [1.54, 1.807) is 0 Å². The van der Waals surface area contributed by atoms with E-state index >= 15 is 0 Å². The molecule has 5 nitrogen and oxygen atoms in total. The smallest absolute Gasteiger partial charge is 0.308 e. The molecule has 1 saturated carbocycles. The number of carboxylic acids is 1. The SMILES string of the molecule is CC(C)C(CNC(=O)C1NCC2CCCC21)C(=O)O. The fraction of sp³-hybridized carbons (Fsp3) is 0.857. The predicted molar refractivity (Wildman–Crippen MR) is 71.6 cm³/mol. The van der Waals surface area contributed by atoms with Crippen LogP contribution in [-0.2, 0) is 9.59 Å². The van der Waals surface area contributed by atoms with Gasteiger partial charge < -0.3 is 15.7 Å². The number of aliphatic carboxylic acids is 1. The minimum absolute atomic E-state index is 0.0218. The zero-order chi connectivity index (χ0) is 14.0. The van der Waals surface area contributed by atoms with Gasteiger partial charge in [-0.3, -0.25) is 9.59 Å². The van der Waals surface area contributed by atoms with Gasteiger partial charge in [0.15, 0.2) is 0 Å². The molecule has 3 N–H and O–H groups in total. The fourth-order valence-electron chi connectivity index (χ4n) is 3.40. The Bertz CT molecular complexity index is 357. The molecule has 108 valence electrons. The van der Waals surface area contributed by atoms with Crippen molar-refractivity contribution in [3.8, 4) is 0 Å². The van der Waals surface area contributed by atoms with Crippen molar-refractivity contribution >= 4 is 11.9 Å². The van der Waals surface area contributed by atoms with Crippen LogP contribution < -0.4 is 10.6 Å². The van der Waals surface area contributed by atoms with Crippen LogP contribution in [0, 0.1) is 23.7 Å². The number of hydrogen-bond donors (Lipinski definition) is 3. The summed E-state index contributed by atoms with van der Waals surface area (Å²) in [5.74, 6) is -0.272. The maximum Gasteiger partial charge on any atom is 0.308 e. The molecule has 2 rings (SSSR count). The molecule has 1 aliphatic heterocycles. The summed E-state index contributed by atoms with van der Waals surface area (Å²) in [6.45, 7) is 4.88. The molecule has 0 radical (unpaired) electrons. The first-order valence-electron chi connectivity index (χ1n) is 7.24. The maximum atomic E-state index is 12.2. The number of carbonyl (C=O) groups is 2. The third kappa shape index (κ3) is 3.08. The maximum absolute atomic E-state index is 12.2. The minimum atomic E-state index is -0.839. The number of carbonyl (C=O) groups excluding carboxylic acids is 1. The van der Waals surface area contributed by atoms with Crippen LogP contribution in [0.25, 0.3) is 0 Å². The Morgan fingerprint density at radius 1 is 1.37 bits per heavy atom. The van der Waals surface area contributed by atoms with Gasteiger partial charge in [-0.15, -0.1) is 0 Å². The van der Waals surface area contributed by atoms with Crippen molar-refractivity contribution < 1.29 is 14.7 Å². The molecule has 5 heteroatoms. The molecular formula is C14H24N2O3. The Kier molecular flexibility index (Phi) is 4.45. The van der Waals surface area contributed by atoms with Crippen LogP contribution in [0.5, 0.6) is 0 Å². The van der Waals surface area contributed by atoms with Crippen molar-refractivity contribution in [3.05, 3.63) is 0 Å². The van der Waals surface area contributed by atoms with Gasteiger partial charge in [-0.1, -0.05) is 20.3 Å². The molecule has 4 atom stereocenters. The summed E-state index contributed by atoms with van der Waals surface area (Å²) in [6, 6.07) is -0.117. The summed E-state index contributed by atoms with van der Waals surface area (Å²) < 4.78 is 0. The lowest BCUT2D eigenvalue weighted by Crippen LogP contribution is -2.46. The molecule has 0 aromatic rings. The summed E-state index contributed by atoms with van der Waals surface area (Å²) in [4.78, 5) is 23.3. The van der Waals surface area contributed by atoms with Gasteiger partial charge in [-0.2, -0.15) is 0 Å². The van der Waals surface area contributed by atoms with E-state index in [2.05, 4.69) is 10.6 Å². The molecule has 2 aliphatic rings. The number of hydrogen-bond acceptors (Lipinski definition) is 3. The molecule has 0 aromatic heterocycles. The lowest BCUT2D eigenvalue weighted by molar-refractivity contribution is -0.143. The molecule has 1 heterocycles. The van der Waals surface area contributed by atoms with Crippen molar-refractivity contribution in [2.45, 2.75) is 39.2 Å². The highest BCUT2D eigenvalue weighted by molar-refractivity contribution is 5.83. The van der Waals surface area contributed by atoms with Crippen LogP contribution in [0.1, 0.15) is 33.1 Å². The lowest BCUT2D eigenvalue weighted by Gasteiger charge is -2.21. The van der Waals surface area contributed by atoms with Gasteiger partial charge in [0.2, 0.25) is 5.91 Å². The van der Waals surface area contributed by atoms with Gasteiger partial charge in [-0.25, -0.2) is 0 Å². The van der Waals surface area contributed by atoms with Gasteiger partial charge in [0.05, 0.1) is 12.0 Å². The highest BCUT2D eigenvalue weighted by atomic mass is 16.4. The minimum Gasteiger partial charge on any atom is -0.481 e. The molecule has 0 spiro atoms. The zero-order valence-corrected chi connectivity index (χ0v) is 11.7. The molecule has 1 amide bonds. The third-order valence-corrected chi connectivity index (χ3v) is 4.65. The highest BCUT2D eigenvalue weighted by Gasteiger charge is 2.42. The first kappa shape index (κ1) is 14.3. The zero-order valence-electron chi connectivity index (χ0n) is 11.7. The van der Waals surface area contributed by atoms with Gasteiger partial charge in [-0.05, 0) is 37.1 Å². The molecule has 1 aliphatic carbocycles. The Morgan fingerprint density at radius 3 is 2.74 bits per heavy atom. The van der Waals surface area contributed by atoms with Gasteiger partial charge in [0, 0.05) is 6.54 Å². The number of nitrogens with one attached hydrogen (secondary N) is 2. The van der Waals surface area contributed by atoms with Crippen LogP contribution in [0.2, 0.25) is 0 Å². The second-order valence-corrected chi connectivity index (χ2v) is 6.17. The molecule has 1 saturated heterocycles. The summed E-state index contributed by atoms with van der Waals surface area (Å²) in [7, 11) is 0. The van der Waals surface area contributed by atoms with Gasteiger partial charge >= 0.3 is 5.97 Å². The van der Waals surface area contributed by atoms with Crippen LogP contribution >= 0.6 is 0 Å². The van der Waals surface area contributed by atoms with E-state index in [9.17, 15) is 9.59 Å². The van der Waals surface area contributed by atoms with Gasteiger partial charge in [0.1, 0.15) is 0 Å². The van der Waals surface area contributed by atoms with E-state index in [1.807, 2.05) is 13.8 Å².